The van der Waals surface area contributed by atoms with Gasteiger partial charge in [0.25, 0.3) is 0 Å². The van der Waals surface area contributed by atoms with Crippen molar-refractivity contribution in [1.82, 2.24) is 5.32 Å². The van der Waals surface area contributed by atoms with E-state index in [9.17, 15) is 4.79 Å². The van der Waals surface area contributed by atoms with Gasteiger partial charge in [0.15, 0.2) is 17.6 Å². The summed E-state index contributed by atoms with van der Waals surface area (Å²) in [5.74, 6) is 0.858. The Morgan fingerprint density at radius 1 is 1.38 bits per heavy atom. The summed E-state index contributed by atoms with van der Waals surface area (Å²) >= 11 is 3.50. The molecule has 1 N–H and O–H groups in total. The maximum absolute atomic E-state index is 11.5. The maximum atomic E-state index is 11.5. The van der Waals surface area contributed by atoms with E-state index < -0.39 is 6.10 Å². The van der Waals surface area contributed by atoms with E-state index in [1.54, 1.807) is 7.11 Å². The zero-order valence-corrected chi connectivity index (χ0v) is 13.4. The quantitative estimate of drug-likeness (QED) is 0.794. The molecule has 1 aliphatic heterocycles. The Balaban J connectivity index is 1.76. The number of hydrogen-bond acceptors (Lipinski definition) is 5. The van der Waals surface area contributed by atoms with Crippen LogP contribution in [0.4, 0.5) is 0 Å². The maximum Gasteiger partial charge on any atom is 0.347 e. The molecule has 1 unspecified atom stereocenters. The van der Waals surface area contributed by atoms with Crippen molar-refractivity contribution >= 4 is 21.9 Å². The highest BCUT2D eigenvalue weighted by molar-refractivity contribution is 9.10. The Bertz CT molecular complexity index is 545. The molecule has 1 aliphatic carbocycles. The van der Waals surface area contributed by atoms with Crippen molar-refractivity contribution in [3.8, 4) is 11.5 Å². The first-order valence-electron chi connectivity index (χ1n) is 7.10. The minimum atomic E-state index is -0.550. The molecule has 0 amide bonds. The molecule has 1 saturated heterocycles. The molecule has 1 aromatic rings. The van der Waals surface area contributed by atoms with Crippen LogP contribution in [-0.2, 0) is 16.1 Å². The van der Waals surface area contributed by atoms with Crippen molar-refractivity contribution < 1.29 is 19.0 Å². The number of benzene rings is 1. The van der Waals surface area contributed by atoms with Crippen molar-refractivity contribution in [3.05, 3.63) is 22.2 Å². The lowest BCUT2D eigenvalue weighted by molar-refractivity contribution is -0.143. The molecule has 3 rings (SSSR count). The van der Waals surface area contributed by atoms with Gasteiger partial charge in [0.05, 0.1) is 18.2 Å². The van der Waals surface area contributed by atoms with E-state index in [1.165, 1.54) is 12.8 Å². The molecule has 0 spiro atoms. The van der Waals surface area contributed by atoms with Crippen LogP contribution >= 0.6 is 15.9 Å². The van der Waals surface area contributed by atoms with Gasteiger partial charge in [-0.2, -0.15) is 0 Å². The van der Waals surface area contributed by atoms with Crippen LogP contribution in [0.5, 0.6) is 11.5 Å². The third kappa shape index (κ3) is 3.49. The predicted molar refractivity (Wildman–Crippen MR) is 80.5 cm³/mol. The van der Waals surface area contributed by atoms with E-state index in [2.05, 4.69) is 21.2 Å². The van der Waals surface area contributed by atoms with Crippen molar-refractivity contribution in [2.75, 3.05) is 13.7 Å². The highest BCUT2D eigenvalue weighted by Crippen LogP contribution is 2.38. The number of carbonyl (C=O) groups excluding carboxylic acids is 1. The third-order valence-corrected chi connectivity index (χ3v) is 4.20. The van der Waals surface area contributed by atoms with Crippen LogP contribution < -0.4 is 14.8 Å². The molecule has 0 aromatic heterocycles. The van der Waals surface area contributed by atoms with Crippen molar-refractivity contribution in [2.45, 2.75) is 38.0 Å². The summed E-state index contributed by atoms with van der Waals surface area (Å²) < 4.78 is 16.9. The summed E-state index contributed by atoms with van der Waals surface area (Å²) in [6.45, 7) is 1.21. The summed E-state index contributed by atoms with van der Waals surface area (Å²) in [5.41, 5.74) is 1.12. The lowest BCUT2D eigenvalue weighted by Gasteiger charge is -2.16. The zero-order valence-electron chi connectivity index (χ0n) is 11.9. The van der Waals surface area contributed by atoms with Gasteiger partial charge in [0.2, 0.25) is 0 Å². The predicted octanol–water partition coefficient (Wildman–Crippen LogP) is 2.40. The Kier molecular flexibility index (Phi) is 4.35. The molecule has 0 bridgehead atoms. The van der Waals surface area contributed by atoms with Gasteiger partial charge in [-0.05, 0) is 46.5 Å². The van der Waals surface area contributed by atoms with E-state index >= 15 is 0 Å². The van der Waals surface area contributed by atoms with E-state index in [0.29, 0.717) is 30.6 Å². The molecule has 1 aromatic carbocycles. The second-order valence-electron chi connectivity index (χ2n) is 5.33. The summed E-state index contributed by atoms with van der Waals surface area (Å²) in [7, 11) is 1.60. The third-order valence-electron chi connectivity index (χ3n) is 3.61. The molecule has 1 saturated carbocycles. The van der Waals surface area contributed by atoms with Gasteiger partial charge in [0, 0.05) is 19.0 Å². The molecule has 1 atom stereocenters. The lowest BCUT2D eigenvalue weighted by atomic mass is 10.2. The second-order valence-corrected chi connectivity index (χ2v) is 6.18. The van der Waals surface area contributed by atoms with E-state index in [4.69, 9.17) is 14.2 Å². The fourth-order valence-electron chi connectivity index (χ4n) is 2.27. The average Bonchev–Trinajstić information content (AvgIpc) is 3.22. The van der Waals surface area contributed by atoms with E-state index in [-0.39, 0.29) is 5.97 Å². The highest BCUT2D eigenvalue weighted by Gasteiger charge is 2.30. The van der Waals surface area contributed by atoms with Crippen LogP contribution in [0, 0.1) is 0 Å². The Morgan fingerprint density at radius 3 is 2.81 bits per heavy atom. The van der Waals surface area contributed by atoms with Crippen LogP contribution in [0.1, 0.15) is 24.8 Å². The lowest BCUT2D eigenvalue weighted by Crippen LogP contribution is -2.22. The monoisotopic (exact) mass is 355 g/mol. The van der Waals surface area contributed by atoms with Gasteiger partial charge in [-0.3, -0.25) is 0 Å². The van der Waals surface area contributed by atoms with Crippen molar-refractivity contribution in [3.63, 3.8) is 0 Å². The summed E-state index contributed by atoms with van der Waals surface area (Å²) in [4.78, 5) is 11.5. The minimum Gasteiger partial charge on any atom is -0.493 e. The number of cyclic esters (lactones) is 1. The molecule has 5 nitrogen and oxygen atoms in total. The zero-order chi connectivity index (χ0) is 14.8. The smallest absolute Gasteiger partial charge is 0.347 e. The van der Waals surface area contributed by atoms with Gasteiger partial charge in [-0.1, -0.05) is 0 Å². The van der Waals surface area contributed by atoms with Crippen LogP contribution in [0.3, 0.4) is 0 Å². The number of carbonyl (C=O) groups is 1. The van der Waals surface area contributed by atoms with Crippen LogP contribution in [0.25, 0.3) is 0 Å². The van der Waals surface area contributed by atoms with Crippen LogP contribution in [-0.4, -0.2) is 31.8 Å². The number of ether oxygens (including phenoxy) is 3. The topological polar surface area (TPSA) is 56.8 Å². The number of halogens is 1. The summed E-state index contributed by atoms with van der Waals surface area (Å²) in [6, 6.07) is 4.59. The molecular weight excluding hydrogens is 338 g/mol. The number of hydrogen-bond donors (Lipinski definition) is 1. The molecule has 114 valence electrons. The molecule has 2 aliphatic rings. The van der Waals surface area contributed by atoms with Gasteiger partial charge >= 0.3 is 5.97 Å². The van der Waals surface area contributed by atoms with Crippen LogP contribution in [0.2, 0.25) is 0 Å². The number of nitrogens with one attached hydrogen (secondary N) is 1. The normalized spacial score (nSPS) is 21.2. The van der Waals surface area contributed by atoms with E-state index in [1.807, 2.05) is 12.1 Å². The fourth-order valence-corrected chi connectivity index (χ4v) is 2.85. The first kappa shape index (κ1) is 14.7. The SMILES string of the molecule is COc1cc(CNC2CC2)cc(Br)c1OC1CCOC1=O. The highest BCUT2D eigenvalue weighted by atomic mass is 79.9. The molecule has 21 heavy (non-hydrogen) atoms. The molecule has 2 fully saturated rings. The second kappa shape index (κ2) is 6.23. The molecule has 0 radical (unpaired) electrons. The largest absolute Gasteiger partial charge is 0.493 e. The summed E-state index contributed by atoms with van der Waals surface area (Å²) in [5, 5.41) is 3.46. The van der Waals surface area contributed by atoms with Gasteiger partial charge in [-0.25, -0.2) is 4.79 Å². The number of rotatable bonds is 6. The Morgan fingerprint density at radius 2 is 2.19 bits per heavy atom. The van der Waals surface area contributed by atoms with Gasteiger partial charge < -0.3 is 19.5 Å². The van der Waals surface area contributed by atoms with E-state index in [0.717, 1.165) is 16.6 Å². The summed E-state index contributed by atoms with van der Waals surface area (Å²) in [6.07, 6.45) is 2.53. The first-order chi connectivity index (χ1) is 10.2. The molecule has 1 heterocycles. The van der Waals surface area contributed by atoms with Crippen molar-refractivity contribution in [2.24, 2.45) is 0 Å². The standard InChI is InChI=1S/C15H18BrNO4/c1-19-13-7-9(8-17-10-2-3-10)6-11(16)14(13)21-12-4-5-20-15(12)18/h6-7,10,12,17H,2-5,8H2,1H3. The van der Waals surface area contributed by atoms with Gasteiger partial charge in [0.1, 0.15) is 0 Å². The molecular formula is C15H18BrNO4. The van der Waals surface area contributed by atoms with Crippen LogP contribution in [0.15, 0.2) is 16.6 Å². The minimum absolute atomic E-state index is 0.316. The number of esters is 1. The average molecular weight is 356 g/mol. The van der Waals surface area contributed by atoms with Crippen molar-refractivity contribution in [1.29, 1.82) is 0 Å². The van der Waals surface area contributed by atoms with Gasteiger partial charge in [-0.15, -0.1) is 0 Å². The number of methoxy groups -OCH3 is 1. The molecule has 6 heteroatoms. The fraction of sp³-hybridized carbons (Fsp3) is 0.533. The Hall–Kier alpha value is -1.27. The first-order valence-corrected chi connectivity index (χ1v) is 7.90. The Labute approximate surface area is 132 Å².